The first-order valence-corrected chi connectivity index (χ1v) is 4.70. The molecule has 0 saturated carbocycles. The number of carbonyl (C=O) groups is 2. The predicted octanol–water partition coefficient (Wildman–Crippen LogP) is 0.100. The molecular weight excluding hydrogens is 184 g/mol. The fraction of sp³-hybridized carbons (Fsp3) is 0.750. The molecule has 0 saturated heterocycles. The summed E-state index contributed by atoms with van der Waals surface area (Å²) < 4.78 is 0. The largest absolute Gasteiger partial charge is 0.352 e. The van der Waals surface area contributed by atoms with Gasteiger partial charge in [-0.15, -0.1) is 0 Å². The van der Waals surface area contributed by atoms with Crippen molar-refractivity contribution >= 4 is 12.1 Å². The van der Waals surface area contributed by atoms with Crippen LogP contribution in [0.25, 0.3) is 0 Å². The summed E-state index contributed by atoms with van der Waals surface area (Å²) in [4.78, 5) is 21.6. The van der Waals surface area contributed by atoms with Crippen LogP contribution in [0.5, 0.6) is 0 Å². The molecule has 1 unspecified atom stereocenters. The van der Waals surface area contributed by atoms with Gasteiger partial charge in [0, 0.05) is 6.54 Å². The van der Waals surface area contributed by atoms with E-state index in [1.807, 2.05) is 13.8 Å². The summed E-state index contributed by atoms with van der Waals surface area (Å²) in [6.45, 7) is 4.40. The van der Waals surface area contributed by atoms with Gasteiger partial charge in [0.05, 0.1) is 0 Å². The molecule has 0 aromatic heterocycles. The molecule has 0 aromatic rings. The number of primary amides is 1. The van der Waals surface area contributed by atoms with Crippen LogP contribution in [0.2, 0.25) is 0 Å². The van der Waals surface area contributed by atoms with E-state index in [0.717, 1.165) is 6.42 Å². The van der Waals surface area contributed by atoms with Crippen LogP contribution in [0, 0.1) is 0 Å². The van der Waals surface area contributed by atoms with Gasteiger partial charge in [0.15, 0.2) is 0 Å². The molecule has 0 bridgehead atoms. The van der Waals surface area contributed by atoms with Gasteiger partial charge in [-0.05, 0) is 12.8 Å². The Kier molecular flexibility index (Phi) is 6.26. The minimum atomic E-state index is -0.646. The average molecular weight is 202 g/mol. The van der Waals surface area contributed by atoms with Crippen LogP contribution in [0.3, 0.4) is 0 Å². The van der Waals surface area contributed by atoms with Crippen LogP contribution in [-0.2, 0) is 0 Å². The van der Waals surface area contributed by atoms with Crippen molar-refractivity contribution in [1.82, 2.24) is 16.0 Å². The van der Waals surface area contributed by atoms with Gasteiger partial charge in [-0.25, -0.2) is 9.59 Å². The van der Waals surface area contributed by atoms with E-state index in [9.17, 15) is 9.59 Å². The van der Waals surface area contributed by atoms with E-state index in [0.29, 0.717) is 13.0 Å². The highest BCUT2D eigenvalue weighted by molar-refractivity contribution is 5.76. The lowest BCUT2D eigenvalue weighted by molar-refractivity contribution is 0.229. The Bertz CT molecular complexity index is 196. The quantitative estimate of drug-likeness (QED) is 0.476. The van der Waals surface area contributed by atoms with Gasteiger partial charge in [0.1, 0.15) is 6.17 Å². The maximum absolute atomic E-state index is 11.1. The molecule has 5 N–H and O–H groups in total. The summed E-state index contributed by atoms with van der Waals surface area (Å²) in [7, 11) is 0. The lowest BCUT2D eigenvalue weighted by Gasteiger charge is -2.17. The van der Waals surface area contributed by atoms with Crippen LogP contribution in [0.1, 0.15) is 26.7 Å². The normalized spacial score (nSPS) is 11.6. The number of hydrogen-bond donors (Lipinski definition) is 4. The Labute approximate surface area is 83.6 Å². The molecule has 6 nitrogen and oxygen atoms in total. The Morgan fingerprint density at radius 2 is 1.93 bits per heavy atom. The maximum Gasteiger partial charge on any atom is 0.316 e. The zero-order valence-corrected chi connectivity index (χ0v) is 8.59. The molecule has 82 valence electrons. The molecular formula is C8H18N4O2. The van der Waals surface area contributed by atoms with E-state index in [2.05, 4.69) is 16.0 Å². The average Bonchev–Trinajstić information content (AvgIpc) is 2.12. The lowest BCUT2D eigenvalue weighted by atomic mass is 10.4. The van der Waals surface area contributed by atoms with Gasteiger partial charge in [-0.1, -0.05) is 13.8 Å². The number of amides is 4. The van der Waals surface area contributed by atoms with E-state index < -0.39 is 12.2 Å². The topological polar surface area (TPSA) is 96.2 Å². The monoisotopic (exact) mass is 202 g/mol. The van der Waals surface area contributed by atoms with Crippen molar-refractivity contribution in [2.45, 2.75) is 32.9 Å². The number of hydrogen-bond acceptors (Lipinski definition) is 2. The van der Waals surface area contributed by atoms with Crippen molar-refractivity contribution in [3.05, 3.63) is 0 Å². The molecule has 0 aliphatic heterocycles. The van der Waals surface area contributed by atoms with E-state index in [1.165, 1.54) is 0 Å². The second kappa shape index (κ2) is 6.99. The first-order valence-electron chi connectivity index (χ1n) is 4.70. The van der Waals surface area contributed by atoms with Gasteiger partial charge in [-0.2, -0.15) is 0 Å². The van der Waals surface area contributed by atoms with Crippen molar-refractivity contribution in [2.24, 2.45) is 5.73 Å². The fourth-order valence-electron chi connectivity index (χ4n) is 0.860. The Balaban J connectivity index is 3.80. The summed E-state index contributed by atoms with van der Waals surface area (Å²) in [6.07, 6.45) is 1.04. The highest BCUT2D eigenvalue weighted by Gasteiger charge is 2.09. The number of urea groups is 2. The Hall–Kier alpha value is -1.46. The molecule has 0 fully saturated rings. The van der Waals surface area contributed by atoms with Crippen molar-refractivity contribution in [1.29, 1.82) is 0 Å². The second-order valence-corrected chi connectivity index (χ2v) is 2.87. The summed E-state index contributed by atoms with van der Waals surface area (Å²) in [5.74, 6) is 0. The standard InChI is InChI=1S/C8H18N4O2/c1-3-5-10-8(14)12-6(4-2)11-7(9)13/h6H,3-5H2,1-2H3,(H3,9,11,13)(H2,10,12,14). The first kappa shape index (κ1) is 12.5. The molecule has 4 amide bonds. The minimum Gasteiger partial charge on any atom is -0.352 e. The van der Waals surface area contributed by atoms with Crippen molar-refractivity contribution in [2.75, 3.05) is 6.54 Å². The highest BCUT2D eigenvalue weighted by atomic mass is 16.2. The molecule has 14 heavy (non-hydrogen) atoms. The van der Waals surface area contributed by atoms with Crippen molar-refractivity contribution in [3.8, 4) is 0 Å². The van der Waals surface area contributed by atoms with Crippen LogP contribution in [0.4, 0.5) is 9.59 Å². The Morgan fingerprint density at radius 1 is 1.29 bits per heavy atom. The SMILES string of the molecule is CCCNC(=O)NC(CC)NC(N)=O. The summed E-state index contributed by atoms with van der Waals surface area (Å²) in [6, 6.07) is -0.944. The number of rotatable bonds is 5. The minimum absolute atomic E-state index is 0.299. The zero-order valence-electron chi connectivity index (χ0n) is 8.59. The van der Waals surface area contributed by atoms with Gasteiger partial charge < -0.3 is 21.7 Å². The predicted molar refractivity (Wildman–Crippen MR) is 53.6 cm³/mol. The molecule has 1 atom stereocenters. The third kappa shape index (κ3) is 6.10. The van der Waals surface area contributed by atoms with Crippen LogP contribution >= 0.6 is 0 Å². The van der Waals surface area contributed by atoms with E-state index in [4.69, 9.17) is 5.73 Å². The molecule has 0 spiro atoms. The van der Waals surface area contributed by atoms with Gasteiger partial charge >= 0.3 is 12.1 Å². The molecule has 0 heterocycles. The zero-order chi connectivity index (χ0) is 11.0. The molecule has 0 aromatic carbocycles. The number of nitrogens with two attached hydrogens (primary N) is 1. The maximum atomic E-state index is 11.1. The number of carbonyl (C=O) groups excluding carboxylic acids is 2. The van der Waals surface area contributed by atoms with E-state index in [-0.39, 0.29) is 6.03 Å². The van der Waals surface area contributed by atoms with Gasteiger partial charge in [0.25, 0.3) is 0 Å². The fourth-order valence-corrected chi connectivity index (χ4v) is 0.860. The van der Waals surface area contributed by atoms with Crippen LogP contribution in [0.15, 0.2) is 0 Å². The van der Waals surface area contributed by atoms with Crippen molar-refractivity contribution < 1.29 is 9.59 Å². The summed E-state index contributed by atoms with van der Waals surface area (Å²) in [5.41, 5.74) is 4.92. The van der Waals surface area contributed by atoms with Crippen LogP contribution in [-0.4, -0.2) is 24.8 Å². The smallest absolute Gasteiger partial charge is 0.316 e. The third-order valence-electron chi connectivity index (χ3n) is 1.57. The lowest BCUT2D eigenvalue weighted by Crippen LogP contribution is -2.52. The van der Waals surface area contributed by atoms with E-state index >= 15 is 0 Å². The van der Waals surface area contributed by atoms with Gasteiger partial charge in [-0.3, -0.25) is 0 Å². The molecule has 0 radical (unpaired) electrons. The Morgan fingerprint density at radius 3 is 2.36 bits per heavy atom. The van der Waals surface area contributed by atoms with Crippen LogP contribution < -0.4 is 21.7 Å². The first-order chi connectivity index (χ1) is 6.60. The third-order valence-corrected chi connectivity index (χ3v) is 1.57. The summed E-state index contributed by atoms with van der Waals surface area (Å²) >= 11 is 0. The molecule has 0 rings (SSSR count). The van der Waals surface area contributed by atoms with E-state index in [1.54, 1.807) is 0 Å². The molecule has 6 heteroatoms. The highest BCUT2D eigenvalue weighted by Crippen LogP contribution is 1.85. The molecule has 0 aliphatic rings. The number of nitrogens with one attached hydrogen (secondary N) is 3. The second-order valence-electron chi connectivity index (χ2n) is 2.87. The molecule has 0 aliphatic carbocycles. The van der Waals surface area contributed by atoms with Crippen molar-refractivity contribution in [3.63, 3.8) is 0 Å². The van der Waals surface area contributed by atoms with Gasteiger partial charge in [0.2, 0.25) is 0 Å². The summed E-state index contributed by atoms with van der Waals surface area (Å²) in [5, 5.41) is 7.60.